The van der Waals surface area contributed by atoms with Crippen LogP contribution in [-0.4, -0.2) is 30.2 Å². The topological polar surface area (TPSA) is 42.4 Å². The van der Waals surface area contributed by atoms with E-state index >= 15 is 0 Å². The van der Waals surface area contributed by atoms with Crippen molar-refractivity contribution in [3.8, 4) is 5.88 Å². The Bertz CT molecular complexity index is 743. The van der Waals surface area contributed by atoms with Crippen LogP contribution in [0.5, 0.6) is 5.88 Å². The van der Waals surface area contributed by atoms with Gasteiger partial charge in [-0.3, -0.25) is 4.79 Å². The summed E-state index contributed by atoms with van der Waals surface area (Å²) in [6, 6.07) is 8.49. The number of carbonyl (C=O) groups excluding carboxylic acids is 1. The summed E-state index contributed by atoms with van der Waals surface area (Å²) in [7, 11) is 0. The first-order valence-electron chi connectivity index (χ1n) is 7.76. The van der Waals surface area contributed by atoms with Gasteiger partial charge >= 0.3 is 6.18 Å². The first-order chi connectivity index (χ1) is 11.7. The number of carbonyl (C=O) groups is 1. The van der Waals surface area contributed by atoms with Crippen LogP contribution in [0.2, 0.25) is 0 Å². The van der Waals surface area contributed by atoms with Crippen molar-refractivity contribution in [3.63, 3.8) is 0 Å². The number of ether oxygens (including phenoxy) is 1. The van der Waals surface area contributed by atoms with E-state index in [-0.39, 0.29) is 17.4 Å². The standard InChI is InChI=1S/C18H19F3N2O2/c1-4-23(15-9-12(2)5-6-13(15)3)17(24)14-7-8-16(22-10-14)25-11-18(19,20)21/h5-10H,4,11H2,1-3H3. The molecule has 2 aromatic rings. The molecule has 1 aromatic heterocycles. The third kappa shape index (κ3) is 4.95. The molecule has 7 heteroatoms. The molecular weight excluding hydrogens is 333 g/mol. The maximum Gasteiger partial charge on any atom is 0.422 e. The van der Waals surface area contributed by atoms with Gasteiger partial charge in [0.2, 0.25) is 5.88 Å². The number of aryl methyl sites for hydroxylation is 2. The van der Waals surface area contributed by atoms with Crippen LogP contribution in [0.1, 0.15) is 28.4 Å². The quantitative estimate of drug-likeness (QED) is 0.805. The molecule has 0 aliphatic rings. The van der Waals surface area contributed by atoms with Gasteiger partial charge in [0.05, 0.1) is 5.56 Å². The molecule has 0 fully saturated rings. The molecule has 0 saturated heterocycles. The predicted octanol–water partition coefficient (Wildman–Crippen LogP) is 4.31. The smallest absolute Gasteiger partial charge is 0.422 e. The van der Waals surface area contributed by atoms with Gasteiger partial charge in [-0.25, -0.2) is 4.98 Å². The van der Waals surface area contributed by atoms with Gasteiger partial charge < -0.3 is 9.64 Å². The van der Waals surface area contributed by atoms with E-state index in [1.54, 1.807) is 4.90 Å². The number of aromatic nitrogens is 1. The highest BCUT2D eigenvalue weighted by atomic mass is 19.4. The fourth-order valence-corrected chi connectivity index (χ4v) is 2.34. The molecule has 0 aliphatic heterocycles. The highest BCUT2D eigenvalue weighted by molar-refractivity contribution is 6.06. The van der Waals surface area contributed by atoms with Gasteiger partial charge in [-0.05, 0) is 44.0 Å². The molecule has 0 N–H and O–H groups in total. The molecule has 1 amide bonds. The Morgan fingerprint density at radius 2 is 1.92 bits per heavy atom. The van der Waals surface area contributed by atoms with Gasteiger partial charge in [-0.1, -0.05) is 12.1 Å². The van der Waals surface area contributed by atoms with Crippen LogP contribution in [0.3, 0.4) is 0 Å². The van der Waals surface area contributed by atoms with Gasteiger partial charge in [0.1, 0.15) is 0 Å². The number of hydrogen-bond acceptors (Lipinski definition) is 3. The number of nitrogens with zero attached hydrogens (tertiary/aromatic N) is 2. The Labute approximate surface area is 144 Å². The van der Waals surface area contributed by atoms with E-state index in [0.717, 1.165) is 16.8 Å². The van der Waals surface area contributed by atoms with Crippen molar-refractivity contribution in [1.82, 2.24) is 4.98 Å². The fraction of sp³-hybridized carbons (Fsp3) is 0.333. The number of halogens is 3. The van der Waals surface area contributed by atoms with Crippen molar-refractivity contribution >= 4 is 11.6 Å². The molecule has 134 valence electrons. The van der Waals surface area contributed by atoms with Crippen molar-refractivity contribution in [3.05, 3.63) is 53.2 Å². The van der Waals surface area contributed by atoms with Crippen LogP contribution in [-0.2, 0) is 0 Å². The number of pyridine rings is 1. The van der Waals surface area contributed by atoms with Crippen molar-refractivity contribution in [2.75, 3.05) is 18.1 Å². The fourth-order valence-electron chi connectivity index (χ4n) is 2.34. The predicted molar refractivity (Wildman–Crippen MR) is 89.1 cm³/mol. The molecular formula is C18H19F3N2O2. The second kappa shape index (κ2) is 7.55. The minimum absolute atomic E-state index is 0.177. The van der Waals surface area contributed by atoms with Crippen LogP contribution in [0.15, 0.2) is 36.5 Å². The average molecular weight is 352 g/mol. The first kappa shape index (κ1) is 18.8. The van der Waals surface area contributed by atoms with Gasteiger partial charge in [0.25, 0.3) is 5.91 Å². The number of anilines is 1. The van der Waals surface area contributed by atoms with E-state index < -0.39 is 12.8 Å². The SMILES string of the molecule is CCN(C(=O)c1ccc(OCC(F)(F)F)nc1)c1cc(C)ccc1C. The van der Waals surface area contributed by atoms with Gasteiger partial charge in [-0.15, -0.1) is 0 Å². The summed E-state index contributed by atoms with van der Waals surface area (Å²) in [6.45, 7) is 4.74. The Kier molecular flexibility index (Phi) is 5.66. The van der Waals surface area contributed by atoms with E-state index in [4.69, 9.17) is 0 Å². The third-order valence-corrected chi connectivity index (χ3v) is 3.58. The molecule has 0 aliphatic carbocycles. The maximum atomic E-state index is 12.7. The van der Waals surface area contributed by atoms with Gasteiger partial charge in [-0.2, -0.15) is 13.2 Å². The molecule has 1 aromatic carbocycles. The first-order valence-corrected chi connectivity index (χ1v) is 7.76. The molecule has 2 rings (SSSR count). The third-order valence-electron chi connectivity index (χ3n) is 3.58. The summed E-state index contributed by atoms with van der Waals surface area (Å²) in [5.74, 6) is -0.449. The average Bonchev–Trinajstić information content (AvgIpc) is 2.56. The Morgan fingerprint density at radius 3 is 2.48 bits per heavy atom. The number of rotatable bonds is 5. The summed E-state index contributed by atoms with van der Waals surface area (Å²) < 4.78 is 41.0. The van der Waals surface area contributed by atoms with Gasteiger partial charge in [0.15, 0.2) is 6.61 Å². The summed E-state index contributed by atoms with van der Waals surface area (Å²) in [5, 5.41) is 0. The van der Waals surface area contributed by atoms with Crippen molar-refractivity contribution in [2.45, 2.75) is 26.9 Å². The molecule has 0 radical (unpaired) electrons. The molecule has 0 bridgehead atoms. The highest BCUT2D eigenvalue weighted by Crippen LogP contribution is 2.24. The number of benzene rings is 1. The molecule has 0 atom stereocenters. The van der Waals surface area contributed by atoms with Crippen molar-refractivity contribution < 1.29 is 22.7 Å². The summed E-state index contributed by atoms with van der Waals surface area (Å²) in [5.41, 5.74) is 3.06. The van der Waals surface area contributed by atoms with E-state index in [1.165, 1.54) is 18.3 Å². The van der Waals surface area contributed by atoms with E-state index in [1.807, 2.05) is 39.0 Å². The van der Waals surface area contributed by atoms with E-state index in [2.05, 4.69) is 9.72 Å². The maximum absolute atomic E-state index is 12.7. The van der Waals surface area contributed by atoms with Crippen LogP contribution in [0.4, 0.5) is 18.9 Å². The Hall–Kier alpha value is -2.57. The molecule has 0 unspecified atom stereocenters. The number of amides is 1. The van der Waals surface area contributed by atoms with E-state index in [9.17, 15) is 18.0 Å². The lowest BCUT2D eigenvalue weighted by molar-refractivity contribution is -0.154. The monoisotopic (exact) mass is 352 g/mol. The molecule has 1 heterocycles. The van der Waals surface area contributed by atoms with Crippen LogP contribution in [0.25, 0.3) is 0 Å². The Balaban J connectivity index is 2.19. The highest BCUT2D eigenvalue weighted by Gasteiger charge is 2.28. The minimum Gasteiger partial charge on any atom is -0.468 e. The lowest BCUT2D eigenvalue weighted by atomic mass is 10.1. The van der Waals surface area contributed by atoms with E-state index in [0.29, 0.717) is 6.54 Å². The zero-order valence-corrected chi connectivity index (χ0v) is 14.2. The summed E-state index contributed by atoms with van der Waals surface area (Å²) in [6.07, 6.45) is -3.21. The van der Waals surface area contributed by atoms with Crippen molar-refractivity contribution in [2.24, 2.45) is 0 Å². The lowest BCUT2D eigenvalue weighted by Gasteiger charge is -2.23. The molecule has 25 heavy (non-hydrogen) atoms. The number of hydrogen-bond donors (Lipinski definition) is 0. The zero-order chi connectivity index (χ0) is 18.6. The molecule has 0 spiro atoms. The minimum atomic E-state index is -4.43. The van der Waals surface area contributed by atoms with Gasteiger partial charge in [0, 0.05) is 24.5 Å². The van der Waals surface area contributed by atoms with Crippen LogP contribution >= 0.6 is 0 Å². The largest absolute Gasteiger partial charge is 0.468 e. The number of alkyl halides is 3. The lowest BCUT2D eigenvalue weighted by Crippen LogP contribution is -2.31. The second-order valence-corrected chi connectivity index (χ2v) is 5.63. The van der Waals surface area contributed by atoms with Crippen LogP contribution < -0.4 is 9.64 Å². The van der Waals surface area contributed by atoms with Crippen molar-refractivity contribution in [1.29, 1.82) is 0 Å². The Morgan fingerprint density at radius 1 is 1.20 bits per heavy atom. The molecule has 0 saturated carbocycles. The van der Waals surface area contributed by atoms with Crippen LogP contribution in [0, 0.1) is 13.8 Å². The summed E-state index contributed by atoms with van der Waals surface area (Å²) in [4.78, 5) is 18.1. The molecule has 4 nitrogen and oxygen atoms in total. The zero-order valence-electron chi connectivity index (χ0n) is 14.2. The normalized spacial score (nSPS) is 11.3. The summed E-state index contributed by atoms with van der Waals surface area (Å²) >= 11 is 0. The second-order valence-electron chi connectivity index (χ2n) is 5.63.